The highest BCUT2D eigenvalue weighted by molar-refractivity contribution is 5.21. The fourth-order valence-corrected chi connectivity index (χ4v) is 2.61. The predicted molar refractivity (Wildman–Crippen MR) is 81.7 cm³/mol. The van der Waals surface area contributed by atoms with E-state index < -0.39 is 5.60 Å². The quantitative estimate of drug-likeness (QED) is 0.887. The van der Waals surface area contributed by atoms with Crippen molar-refractivity contribution >= 4 is 0 Å². The van der Waals surface area contributed by atoms with Gasteiger partial charge in [0.15, 0.2) is 0 Å². The molecule has 0 aliphatic rings. The molecule has 1 aromatic heterocycles. The van der Waals surface area contributed by atoms with E-state index in [4.69, 9.17) is 0 Å². The van der Waals surface area contributed by atoms with E-state index in [9.17, 15) is 9.50 Å². The van der Waals surface area contributed by atoms with Gasteiger partial charge < -0.3 is 5.11 Å². The molecule has 0 radical (unpaired) electrons. The number of hydrogen-bond acceptors (Lipinski definition) is 2. The summed E-state index contributed by atoms with van der Waals surface area (Å²) in [6.45, 7) is 6.61. The third-order valence-electron chi connectivity index (χ3n) is 3.67. The first-order valence-electron chi connectivity index (χ1n) is 7.46. The van der Waals surface area contributed by atoms with Crippen LogP contribution in [-0.4, -0.2) is 20.5 Å². The molecule has 2 aromatic rings. The SMILES string of the molecule is CCc1cc(CC(C)(O)Cc2ccccc2F)n(CC)n1. The molecule has 0 fully saturated rings. The van der Waals surface area contributed by atoms with Crippen LogP contribution in [-0.2, 0) is 25.8 Å². The number of aryl methyl sites for hydroxylation is 2. The van der Waals surface area contributed by atoms with Gasteiger partial charge in [-0.05, 0) is 38.0 Å². The van der Waals surface area contributed by atoms with E-state index in [1.807, 2.05) is 17.7 Å². The molecule has 1 aromatic carbocycles. The van der Waals surface area contributed by atoms with Crippen LogP contribution in [0.2, 0.25) is 0 Å². The first-order valence-corrected chi connectivity index (χ1v) is 7.46. The van der Waals surface area contributed by atoms with Crippen LogP contribution < -0.4 is 0 Å². The number of hydrogen-bond donors (Lipinski definition) is 1. The van der Waals surface area contributed by atoms with Crippen LogP contribution in [0.25, 0.3) is 0 Å². The molecule has 3 nitrogen and oxygen atoms in total. The van der Waals surface area contributed by atoms with Crippen LogP contribution in [0.15, 0.2) is 30.3 Å². The van der Waals surface area contributed by atoms with Crippen LogP contribution in [0.5, 0.6) is 0 Å². The first-order chi connectivity index (χ1) is 9.95. The van der Waals surface area contributed by atoms with Crippen molar-refractivity contribution in [3.63, 3.8) is 0 Å². The molecule has 1 heterocycles. The third-order valence-corrected chi connectivity index (χ3v) is 3.67. The minimum atomic E-state index is -1.000. The number of rotatable bonds is 6. The van der Waals surface area contributed by atoms with E-state index in [-0.39, 0.29) is 12.2 Å². The van der Waals surface area contributed by atoms with Gasteiger partial charge in [0.2, 0.25) is 0 Å². The highest BCUT2D eigenvalue weighted by Crippen LogP contribution is 2.21. The van der Waals surface area contributed by atoms with Gasteiger partial charge in [-0.1, -0.05) is 25.1 Å². The molecule has 0 bridgehead atoms. The van der Waals surface area contributed by atoms with Gasteiger partial charge in [-0.25, -0.2) is 4.39 Å². The van der Waals surface area contributed by atoms with Gasteiger partial charge in [0.1, 0.15) is 5.82 Å². The van der Waals surface area contributed by atoms with E-state index in [2.05, 4.69) is 12.0 Å². The lowest BCUT2D eigenvalue weighted by Crippen LogP contribution is -2.31. The Kier molecular flexibility index (Phi) is 4.78. The zero-order valence-corrected chi connectivity index (χ0v) is 12.9. The molecular weight excluding hydrogens is 267 g/mol. The van der Waals surface area contributed by atoms with Crippen molar-refractivity contribution in [1.82, 2.24) is 9.78 Å². The summed E-state index contributed by atoms with van der Waals surface area (Å²) < 4.78 is 15.6. The summed E-state index contributed by atoms with van der Waals surface area (Å²) in [4.78, 5) is 0. The summed E-state index contributed by atoms with van der Waals surface area (Å²) in [5.41, 5.74) is 1.56. The lowest BCUT2D eigenvalue weighted by molar-refractivity contribution is 0.0578. The standard InChI is InChI=1S/C17H23FN2O/c1-4-14-10-15(20(5-2)19-14)12-17(3,21)11-13-8-6-7-9-16(13)18/h6-10,21H,4-5,11-12H2,1-3H3. The fourth-order valence-electron chi connectivity index (χ4n) is 2.61. The molecule has 21 heavy (non-hydrogen) atoms. The molecule has 0 aliphatic heterocycles. The maximum atomic E-state index is 13.7. The Balaban J connectivity index is 2.17. The summed E-state index contributed by atoms with van der Waals surface area (Å²) in [6, 6.07) is 8.63. The largest absolute Gasteiger partial charge is 0.389 e. The average Bonchev–Trinajstić information content (AvgIpc) is 2.82. The zero-order chi connectivity index (χ0) is 15.5. The first kappa shape index (κ1) is 15.7. The Morgan fingerprint density at radius 2 is 1.95 bits per heavy atom. The van der Waals surface area contributed by atoms with E-state index in [0.717, 1.165) is 24.4 Å². The van der Waals surface area contributed by atoms with Crippen LogP contribution in [0.3, 0.4) is 0 Å². The summed E-state index contributed by atoms with van der Waals surface area (Å²) in [5, 5.41) is 15.1. The maximum absolute atomic E-state index is 13.7. The fraction of sp³-hybridized carbons (Fsp3) is 0.471. The van der Waals surface area contributed by atoms with Crippen LogP contribution in [0, 0.1) is 5.82 Å². The molecule has 1 N–H and O–H groups in total. The average molecular weight is 290 g/mol. The van der Waals surface area contributed by atoms with Crippen molar-refractivity contribution in [1.29, 1.82) is 0 Å². The van der Waals surface area contributed by atoms with Gasteiger partial charge in [0.25, 0.3) is 0 Å². The van der Waals surface area contributed by atoms with Crippen molar-refractivity contribution in [3.8, 4) is 0 Å². The van der Waals surface area contributed by atoms with Gasteiger partial charge in [0, 0.05) is 25.1 Å². The second kappa shape index (κ2) is 6.39. The number of aliphatic hydroxyl groups is 1. The second-order valence-corrected chi connectivity index (χ2v) is 5.74. The van der Waals surface area contributed by atoms with E-state index in [1.54, 1.807) is 25.1 Å². The van der Waals surface area contributed by atoms with Crippen molar-refractivity contribution in [3.05, 3.63) is 53.1 Å². The van der Waals surface area contributed by atoms with Crippen molar-refractivity contribution < 1.29 is 9.50 Å². The minimum Gasteiger partial charge on any atom is -0.389 e. The molecular formula is C17H23FN2O. The Labute approximate surface area is 125 Å². The molecule has 114 valence electrons. The summed E-state index contributed by atoms with van der Waals surface area (Å²) in [7, 11) is 0. The smallest absolute Gasteiger partial charge is 0.126 e. The van der Waals surface area contributed by atoms with E-state index >= 15 is 0 Å². The molecule has 0 saturated heterocycles. The molecule has 0 aliphatic carbocycles. The zero-order valence-electron chi connectivity index (χ0n) is 12.9. The molecule has 0 spiro atoms. The lowest BCUT2D eigenvalue weighted by Gasteiger charge is -2.24. The van der Waals surface area contributed by atoms with Gasteiger partial charge in [0.05, 0.1) is 11.3 Å². The number of halogens is 1. The van der Waals surface area contributed by atoms with Crippen molar-refractivity contribution in [2.45, 2.75) is 52.2 Å². The normalized spacial score (nSPS) is 14.1. The predicted octanol–water partition coefficient (Wildman–Crippen LogP) is 3.14. The molecule has 0 saturated carbocycles. The van der Waals surface area contributed by atoms with Gasteiger partial charge in [-0.15, -0.1) is 0 Å². The van der Waals surface area contributed by atoms with Crippen LogP contribution in [0.1, 0.15) is 37.7 Å². The summed E-state index contributed by atoms with van der Waals surface area (Å²) >= 11 is 0. The molecule has 2 rings (SSSR count). The maximum Gasteiger partial charge on any atom is 0.126 e. The Hall–Kier alpha value is -1.68. The van der Waals surface area contributed by atoms with Crippen LogP contribution in [0.4, 0.5) is 4.39 Å². The van der Waals surface area contributed by atoms with E-state index in [1.165, 1.54) is 6.07 Å². The van der Waals surface area contributed by atoms with Crippen molar-refractivity contribution in [2.24, 2.45) is 0 Å². The van der Waals surface area contributed by atoms with E-state index in [0.29, 0.717) is 12.0 Å². The summed E-state index contributed by atoms with van der Waals surface area (Å²) in [6.07, 6.45) is 1.62. The molecule has 0 amide bonds. The molecule has 1 atom stereocenters. The molecule has 1 unspecified atom stereocenters. The van der Waals surface area contributed by atoms with Crippen molar-refractivity contribution in [2.75, 3.05) is 0 Å². The second-order valence-electron chi connectivity index (χ2n) is 5.74. The Morgan fingerprint density at radius 1 is 1.24 bits per heavy atom. The Bertz CT molecular complexity index is 605. The lowest BCUT2D eigenvalue weighted by atomic mass is 9.91. The Morgan fingerprint density at radius 3 is 2.57 bits per heavy atom. The number of benzene rings is 1. The monoisotopic (exact) mass is 290 g/mol. The number of nitrogens with zero attached hydrogens (tertiary/aromatic N) is 2. The third kappa shape index (κ3) is 3.91. The minimum absolute atomic E-state index is 0.268. The van der Waals surface area contributed by atoms with Gasteiger partial charge >= 0.3 is 0 Å². The topological polar surface area (TPSA) is 38.0 Å². The van der Waals surface area contributed by atoms with Gasteiger partial charge in [-0.3, -0.25) is 4.68 Å². The highest BCUT2D eigenvalue weighted by atomic mass is 19.1. The summed E-state index contributed by atoms with van der Waals surface area (Å²) in [5.74, 6) is -0.268. The van der Waals surface area contributed by atoms with Gasteiger partial charge in [-0.2, -0.15) is 5.10 Å². The van der Waals surface area contributed by atoms with Crippen LogP contribution >= 0.6 is 0 Å². The molecule has 4 heteroatoms. The highest BCUT2D eigenvalue weighted by Gasteiger charge is 2.25. The number of aromatic nitrogens is 2.